The van der Waals surface area contributed by atoms with Gasteiger partial charge in [0.05, 0.1) is 6.04 Å². The Morgan fingerprint density at radius 2 is 1.72 bits per heavy atom. The Morgan fingerprint density at radius 1 is 1.06 bits per heavy atom. The van der Waals surface area contributed by atoms with Crippen LogP contribution in [0.1, 0.15) is 22.7 Å². The second kappa shape index (κ2) is 5.16. The fourth-order valence-corrected chi connectivity index (χ4v) is 2.24. The highest BCUT2D eigenvalue weighted by molar-refractivity contribution is 9.10. The zero-order chi connectivity index (χ0) is 13.3. The summed E-state index contributed by atoms with van der Waals surface area (Å²) in [6.45, 7) is 1.76. The fourth-order valence-electron chi connectivity index (χ4n) is 1.91. The first-order chi connectivity index (χ1) is 8.49. The molecule has 0 aliphatic heterocycles. The summed E-state index contributed by atoms with van der Waals surface area (Å²) >= 11 is 3.20. The van der Waals surface area contributed by atoms with E-state index in [1.54, 1.807) is 25.1 Å². The van der Waals surface area contributed by atoms with Gasteiger partial charge in [0.15, 0.2) is 0 Å². The molecule has 0 fully saturated rings. The van der Waals surface area contributed by atoms with Gasteiger partial charge in [-0.1, -0.05) is 28.1 Å². The average molecular weight is 312 g/mol. The van der Waals surface area contributed by atoms with E-state index in [0.717, 1.165) is 5.56 Å². The van der Waals surface area contributed by atoms with Gasteiger partial charge in [0.1, 0.15) is 11.6 Å². The first-order valence-electron chi connectivity index (χ1n) is 5.45. The number of halogens is 3. The molecule has 94 valence electrons. The van der Waals surface area contributed by atoms with Gasteiger partial charge in [0, 0.05) is 10.0 Å². The molecule has 0 saturated carbocycles. The molecule has 0 amide bonds. The van der Waals surface area contributed by atoms with E-state index in [0.29, 0.717) is 15.6 Å². The van der Waals surface area contributed by atoms with E-state index in [1.165, 1.54) is 18.2 Å². The Balaban J connectivity index is 2.44. The third kappa shape index (κ3) is 2.60. The molecule has 4 heteroatoms. The molecule has 2 rings (SSSR count). The smallest absolute Gasteiger partial charge is 0.129 e. The first kappa shape index (κ1) is 13.2. The summed E-state index contributed by atoms with van der Waals surface area (Å²) < 4.78 is 27.5. The predicted molar refractivity (Wildman–Crippen MR) is 71.3 cm³/mol. The third-order valence-electron chi connectivity index (χ3n) is 2.86. The van der Waals surface area contributed by atoms with Crippen LogP contribution in [0, 0.1) is 18.6 Å². The standard InChI is InChI=1S/C14H12BrF2N/c1-8-6-10(16)3-5-11(8)14(18)12-4-2-9(15)7-13(12)17/h2-7,14H,18H2,1H3. The molecule has 0 spiro atoms. The third-order valence-corrected chi connectivity index (χ3v) is 3.36. The van der Waals surface area contributed by atoms with E-state index in [1.807, 2.05) is 0 Å². The van der Waals surface area contributed by atoms with Crippen LogP contribution in [0.3, 0.4) is 0 Å². The molecule has 0 aromatic heterocycles. The molecular weight excluding hydrogens is 300 g/mol. The van der Waals surface area contributed by atoms with E-state index in [-0.39, 0.29) is 11.6 Å². The topological polar surface area (TPSA) is 26.0 Å². The van der Waals surface area contributed by atoms with Crippen LogP contribution >= 0.6 is 15.9 Å². The Hall–Kier alpha value is -1.26. The predicted octanol–water partition coefficient (Wildman–Crippen LogP) is 4.08. The quantitative estimate of drug-likeness (QED) is 0.888. The van der Waals surface area contributed by atoms with Crippen molar-refractivity contribution >= 4 is 15.9 Å². The maximum atomic E-state index is 13.8. The van der Waals surface area contributed by atoms with E-state index < -0.39 is 6.04 Å². The highest BCUT2D eigenvalue weighted by Crippen LogP contribution is 2.26. The summed E-state index contributed by atoms with van der Waals surface area (Å²) in [5.41, 5.74) is 7.87. The molecule has 0 bridgehead atoms. The Morgan fingerprint density at radius 3 is 2.33 bits per heavy atom. The number of hydrogen-bond donors (Lipinski definition) is 1. The van der Waals surface area contributed by atoms with Crippen molar-refractivity contribution < 1.29 is 8.78 Å². The summed E-state index contributed by atoms with van der Waals surface area (Å²) in [5.74, 6) is -0.694. The van der Waals surface area contributed by atoms with Crippen LogP contribution in [0.25, 0.3) is 0 Å². The minimum Gasteiger partial charge on any atom is -0.320 e. The van der Waals surface area contributed by atoms with Gasteiger partial charge in [-0.05, 0) is 42.3 Å². The lowest BCUT2D eigenvalue weighted by Gasteiger charge is -2.16. The number of hydrogen-bond acceptors (Lipinski definition) is 1. The number of aryl methyl sites for hydroxylation is 1. The maximum Gasteiger partial charge on any atom is 0.129 e. The van der Waals surface area contributed by atoms with Crippen molar-refractivity contribution in [2.24, 2.45) is 5.73 Å². The number of benzene rings is 2. The van der Waals surface area contributed by atoms with Crippen LogP contribution in [0.5, 0.6) is 0 Å². The summed E-state index contributed by atoms with van der Waals surface area (Å²) in [6, 6.07) is 8.46. The summed E-state index contributed by atoms with van der Waals surface area (Å²) in [6.07, 6.45) is 0. The van der Waals surface area contributed by atoms with Gasteiger partial charge >= 0.3 is 0 Å². The summed E-state index contributed by atoms with van der Waals surface area (Å²) in [5, 5.41) is 0. The molecule has 1 nitrogen and oxygen atoms in total. The summed E-state index contributed by atoms with van der Waals surface area (Å²) in [7, 11) is 0. The van der Waals surface area contributed by atoms with Crippen molar-refractivity contribution in [3.8, 4) is 0 Å². The Bertz CT molecular complexity index is 533. The van der Waals surface area contributed by atoms with Gasteiger partial charge in [-0.2, -0.15) is 0 Å². The van der Waals surface area contributed by atoms with Crippen LogP contribution in [-0.2, 0) is 0 Å². The highest BCUT2D eigenvalue weighted by atomic mass is 79.9. The molecule has 2 N–H and O–H groups in total. The number of rotatable bonds is 2. The minimum atomic E-state index is -0.598. The maximum absolute atomic E-state index is 13.8. The van der Waals surface area contributed by atoms with Gasteiger partial charge in [-0.15, -0.1) is 0 Å². The van der Waals surface area contributed by atoms with E-state index >= 15 is 0 Å². The molecule has 1 unspecified atom stereocenters. The van der Waals surface area contributed by atoms with E-state index in [4.69, 9.17) is 5.73 Å². The monoisotopic (exact) mass is 311 g/mol. The molecule has 0 aliphatic carbocycles. The molecule has 2 aromatic carbocycles. The molecular formula is C14H12BrF2N. The minimum absolute atomic E-state index is 0.320. The van der Waals surface area contributed by atoms with Crippen LogP contribution in [0.4, 0.5) is 8.78 Å². The average Bonchev–Trinajstić information content (AvgIpc) is 2.28. The molecule has 0 radical (unpaired) electrons. The van der Waals surface area contributed by atoms with Crippen molar-refractivity contribution in [1.29, 1.82) is 0 Å². The zero-order valence-corrected chi connectivity index (χ0v) is 11.3. The largest absolute Gasteiger partial charge is 0.320 e. The second-order valence-corrected chi connectivity index (χ2v) is 5.06. The van der Waals surface area contributed by atoms with Gasteiger partial charge in [-0.3, -0.25) is 0 Å². The van der Waals surface area contributed by atoms with Crippen LogP contribution in [0.15, 0.2) is 40.9 Å². The summed E-state index contributed by atoms with van der Waals surface area (Å²) in [4.78, 5) is 0. The van der Waals surface area contributed by atoms with Crippen molar-refractivity contribution in [1.82, 2.24) is 0 Å². The van der Waals surface area contributed by atoms with E-state index in [9.17, 15) is 8.78 Å². The Kier molecular flexibility index (Phi) is 3.78. The van der Waals surface area contributed by atoms with Gasteiger partial charge in [0.2, 0.25) is 0 Å². The van der Waals surface area contributed by atoms with Crippen molar-refractivity contribution in [2.75, 3.05) is 0 Å². The van der Waals surface area contributed by atoms with Crippen LogP contribution in [-0.4, -0.2) is 0 Å². The Labute approximate surface area is 113 Å². The van der Waals surface area contributed by atoms with Crippen molar-refractivity contribution in [2.45, 2.75) is 13.0 Å². The second-order valence-electron chi connectivity index (χ2n) is 4.14. The van der Waals surface area contributed by atoms with Crippen LogP contribution < -0.4 is 5.73 Å². The first-order valence-corrected chi connectivity index (χ1v) is 6.25. The molecule has 18 heavy (non-hydrogen) atoms. The molecule has 1 atom stereocenters. The van der Waals surface area contributed by atoms with Crippen LogP contribution in [0.2, 0.25) is 0 Å². The lowest BCUT2D eigenvalue weighted by atomic mass is 9.95. The lowest BCUT2D eigenvalue weighted by molar-refractivity contribution is 0.597. The number of nitrogens with two attached hydrogens (primary N) is 1. The van der Waals surface area contributed by atoms with Crippen molar-refractivity contribution in [3.05, 3.63) is 69.2 Å². The normalized spacial score (nSPS) is 12.5. The molecule has 2 aromatic rings. The molecule has 0 aliphatic rings. The fraction of sp³-hybridized carbons (Fsp3) is 0.143. The van der Waals surface area contributed by atoms with Gasteiger partial charge in [0.25, 0.3) is 0 Å². The highest BCUT2D eigenvalue weighted by Gasteiger charge is 2.15. The SMILES string of the molecule is Cc1cc(F)ccc1C(N)c1ccc(Br)cc1F. The van der Waals surface area contributed by atoms with E-state index in [2.05, 4.69) is 15.9 Å². The molecule has 0 heterocycles. The zero-order valence-electron chi connectivity index (χ0n) is 9.75. The van der Waals surface area contributed by atoms with Crippen molar-refractivity contribution in [3.63, 3.8) is 0 Å². The molecule has 0 saturated heterocycles. The van der Waals surface area contributed by atoms with Gasteiger partial charge < -0.3 is 5.73 Å². The lowest BCUT2D eigenvalue weighted by Crippen LogP contribution is -2.15. The van der Waals surface area contributed by atoms with Gasteiger partial charge in [-0.25, -0.2) is 8.78 Å².